The predicted molar refractivity (Wildman–Crippen MR) is 75.1 cm³/mol. The number of nitrogens with one attached hydrogen (secondary N) is 3. The van der Waals surface area contributed by atoms with Crippen molar-refractivity contribution >= 4 is 34.1 Å². The molecule has 102 valence electrons. The number of carbonyl (C=O) groups excluding carboxylic acids is 1. The molecule has 2 aromatic heterocycles. The molecule has 3 aromatic rings. The van der Waals surface area contributed by atoms with Crippen LogP contribution >= 0.6 is 11.6 Å². The highest BCUT2D eigenvalue weighted by Crippen LogP contribution is 2.26. The fraction of sp³-hybridized carbons (Fsp3) is 0.0833. The molecule has 3 N–H and O–H groups in total. The van der Waals surface area contributed by atoms with Crippen molar-refractivity contribution in [1.82, 2.24) is 19.7 Å². The van der Waals surface area contributed by atoms with Crippen molar-refractivity contribution in [2.75, 3.05) is 5.32 Å². The molecule has 0 aliphatic rings. The number of aromatic amines is 2. The highest BCUT2D eigenvalue weighted by Gasteiger charge is 2.14. The van der Waals surface area contributed by atoms with Gasteiger partial charge in [-0.15, -0.1) is 0 Å². The van der Waals surface area contributed by atoms with Crippen LogP contribution in [0.4, 0.5) is 5.69 Å². The number of imidazole rings is 1. The largest absolute Gasteiger partial charge is 0.325 e. The number of carbonyl (C=O) groups is 1. The Morgan fingerprint density at radius 3 is 2.95 bits per heavy atom. The van der Waals surface area contributed by atoms with Crippen molar-refractivity contribution < 1.29 is 4.79 Å². The summed E-state index contributed by atoms with van der Waals surface area (Å²) in [6.45, 7) is 0. The molecule has 0 aliphatic carbocycles. The summed E-state index contributed by atoms with van der Waals surface area (Å²) in [6, 6.07) is 3.35. The lowest BCUT2D eigenvalue weighted by atomic mass is 10.2. The van der Waals surface area contributed by atoms with Gasteiger partial charge in [0, 0.05) is 23.7 Å². The molecule has 0 spiro atoms. The minimum absolute atomic E-state index is 0.225. The first-order chi connectivity index (χ1) is 9.56. The number of hydrogen-bond acceptors (Lipinski definition) is 3. The number of halogens is 1. The van der Waals surface area contributed by atoms with Gasteiger partial charge in [-0.2, -0.15) is 5.10 Å². The SMILES string of the molecule is Cn1c(C(=O)Nc2cc(Cl)cc3cn[nH]c23)c[nH]c1=O. The van der Waals surface area contributed by atoms with Crippen LogP contribution in [0.25, 0.3) is 10.9 Å². The molecular formula is C12H10ClN5O2. The van der Waals surface area contributed by atoms with Gasteiger partial charge in [0.2, 0.25) is 0 Å². The second-order valence-electron chi connectivity index (χ2n) is 4.28. The Hall–Kier alpha value is -2.54. The summed E-state index contributed by atoms with van der Waals surface area (Å²) in [5.74, 6) is -0.413. The minimum Gasteiger partial charge on any atom is -0.319 e. The number of nitrogens with zero attached hydrogens (tertiary/aromatic N) is 2. The molecule has 2 heterocycles. The maximum atomic E-state index is 12.2. The maximum absolute atomic E-state index is 12.2. The quantitative estimate of drug-likeness (QED) is 0.667. The molecule has 0 saturated carbocycles. The van der Waals surface area contributed by atoms with Crippen molar-refractivity contribution in [3.05, 3.63) is 45.7 Å². The van der Waals surface area contributed by atoms with Crippen LogP contribution in [-0.4, -0.2) is 25.7 Å². The van der Waals surface area contributed by atoms with E-state index in [0.717, 1.165) is 5.39 Å². The smallest absolute Gasteiger partial charge is 0.319 e. The van der Waals surface area contributed by atoms with Gasteiger partial charge < -0.3 is 10.3 Å². The molecule has 0 aliphatic heterocycles. The number of amides is 1. The van der Waals surface area contributed by atoms with E-state index >= 15 is 0 Å². The van der Waals surface area contributed by atoms with E-state index < -0.39 is 5.91 Å². The van der Waals surface area contributed by atoms with Gasteiger partial charge >= 0.3 is 5.69 Å². The highest BCUT2D eigenvalue weighted by molar-refractivity contribution is 6.32. The molecule has 7 nitrogen and oxygen atoms in total. The van der Waals surface area contributed by atoms with Gasteiger partial charge in [-0.05, 0) is 12.1 Å². The average Bonchev–Trinajstić information content (AvgIpc) is 2.97. The van der Waals surface area contributed by atoms with Crippen molar-refractivity contribution in [2.45, 2.75) is 0 Å². The Labute approximate surface area is 117 Å². The highest BCUT2D eigenvalue weighted by atomic mass is 35.5. The third-order valence-electron chi connectivity index (χ3n) is 2.99. The number of rotatable bonds is 2. The Morgan fingerprint density at radius 2 is 2.25 bits per heavy atom. The summed E-state index contributed by atoms with van der Waals surface area (Å²) in [6.07, 6.45) is 2.97. The van der Waals surface area contributed by atoms with Gasteiger partial charge in [-0.25, -0.2) is 4.79 Å². The van der Waals surface area contributed by atoms with Crippen LogP contribution in [0.3, 0.4) is 0 Å². The van der Waals surface area contributed by atoms with Gasteiger partial charge in [0.05, 0.1) is 17.4 Å². The van der Waals surface area contributed by atoms with Crippen LogP contribution < -0.4 is 11.0 Å². The van der Waals surface area contributed by atoms with E-state index in [9.17, 15) is 9.59 Å². The number of H-pyrrole nitrogens is 2. The number of anilines is 1. The summed E-state index contributed by atoms with van der Waals surface area (Å²) in [7, 11) is 1.51. The van der Waals surface area contributed by atoms with E-state index in [-0.39, 0.29) is 11.4 Å². The molecule has 1 amide bonds. The Morgan fingerprint density at radius 1 is 1.45 bits per heavy atom. The first-order valence-corrected chi connectivity index (χ1v) is 6.12. The summed E-state index contributed by atoms with van der Waals surface area (Å²) in [5, 5.41) is 10.7. The van der Waals surface area contributed by atoms with E-state index in [1.54, 1.807) is 18.3 Å². The van der Waals surface area contributed by atoms with Gasteiger partial charge in [0.15, 0.2) is 0 Å². The molecule has 1 aromatic carbocycles. The number of aromatic nitrogens is 4. The van der Waals surface area contributed by atoms with Gasteiger partial charge in [0.1, 0.15) is 5.69 Å². The number of fused-ring (bicyclic) bond motifs is 1. The number of benzene rings is 1. The van der Waals surface area contributed by atoms with E-state index in [1.807, 2.05) is 0 Å². The fourth-order valence-electron chi connectivity index (χ4n) is 1.96. The molecular weight excluding hydrogens is 282 g/mol. The molecule has 3 rings (SSSR count). The lowest BCUT2D eigenvalue weighted by Crippen LogP contribution is -2.21. The molecule has 0 radical (unpaired) electrons. The second-order valence-corrected chi connectivity index (χ2v) is 4.72. The van der Waals surface area contributed by atoms with E-state index in [2.05, 4.69) is 20.5 Å². The zero-order valence-electron chi connectivity index (χ0n) is 10.4. The lowest BCUT2D eigenvalue weighted by Gasteiger charge is -2.07. The summed E-state index contributed by atoms with van der Waals surface area (Å²) in [5.41, 5.74) is 1.04. The minimum atomic E-state index is -0.413. The Bertz CT molecular complexity index is 860. The first kappa shape index (κ1) is 12.5. The van der Waals surface area contributed by atoms with Crippen molar-refractivity contribution in [3.63, 3.8) is 0 Å². The lowest BCUT2D eigenvalue weighted by molar-refractivity contribution is 0.101. The maximum Gasteiger partial charge on any atom is 0.325 e. The normalized spacial score (nSPS) is 10.9. The third kappa shape index (κ3) is 1.97. The van der Waals surface area contributed by atoms with Crippen LogP contribution in [0.15, 0.2) is 29.3 Å². The summed E-state index contributed by atoms with van der Waals surface area (Å²) < 4.78 is 1.23. The first-order valence-electron chi connectivity index (χ1n) is 5.74. The third-order valence-corrected chi connectivity index (χ3v) is 3.21. The van der Waals surface area contributed by atoms with E-state index in [1.165, 1.54) is 17.8 Å². The molecule has 20 heavy (non-hydrogen) atoms. The van der Waals surface area contributed by atoms with Gasteiger partial charge in [-0.1, -0.05) is 11.6 Å². The predicted octanol–water partition coefficient (Wildman–Crippen LogP) is 1.50. The molecule has 0 fully saturated rings. The molecule has 8 heteroatoms. The topological polar surface area (TPSA) is 95.6 Å². The van der Waals surface area contributed by atoms with Crippen LogP contribution in [0.5, 0.6) is 0 Å². The zero-order valence-corrected chi connectivity index (χ0v) is 11.2. The van der Waals surface area contributed by atoms with Crippen molar-refractivity contribution in [2.24, 2.45) is 7.05 Å². The standard InChI is InChI=1S/C12H10ClN5O2/c1-18-9(5-14-12(18)20)11(19)16-8-3-7(13)2-6-4-15-17-10(6)8/h2-5H,1H3,(H,14,20)(H,15,17)(H,16,19). The second kappa shape index (κ2) is 4.53. The summed E-state index contributed by atoms with van der Waals surface area (Å²) >= 11 is 5.99. The molecule has 0 bridgehead atoms. The van der Waals surface area contributed by atoms with Crippen LogP contribution in [-0.2, 0) is 7.05 Å². The molecule has 0 unspecified atom stereocenters. The van der Waals surface area contributed by atoms with Gasteiger partial charge in [-0.3, -0.25) is 14.5 Å². The van der Waals surface area contributed by atoms with Crippen molar-refractivity contribution in [1.29, 1.82) is 0 Å². The van der Waals surface area contributed by atoms with E-state index in [0.29, 0.717) is 16.2 Å². The Balaban J connectivity index is 2.01. The van der Waals surface area contributed by atoms with Crippen LogP contribution in [0, 0.1) is 0 Å². The van der Waals surface area contributed by atoms with Gasteiger partial charge in [0.25, 0.3) is 5.91 Å². The van der Waals surface area contributed by atoms with Crippen LogP contribution in [0.1, 0.15) is 10.5 Å². The zero-order chi connectivity index (χ0) is 14.3. The van der Waals surface area contributed by atoms with E-state index in [4.69, 9.17) is 11.6 Å². The molecule has 0 saturated heterocycles. The fourth-order valence-corrected chi connectivity index (χ4v) is 2.18. The average molecular weight is 292 g/mol. The summed E-state index contributed by atoms with van der Waals surface area (Å²) in [4.78, 5) is 25.9. The van der Waals surface area contributed by atoms with Crippen LogP contribution in [0.2, 0.25) is 5.02 Å². The molecule has 0 atom stereocenters. The Kier molecular flexibility index (Phi) is 2.83. The van der Waals surface area contributed by atoms with Crippen molar-refractivity contribution in [3.8, 4) is 0 Å². The number of hydrogen-bond donors (Lipinski definition) is 3. The monoisotopic (exact) mass is 291 g/mol.